The van der Waals surface area contributed by atoms with Crippen LogP contribution in [-0.4, -0.2) is 59.6 Å². The molecule has 3 atom stereocenters. The van der Waals surface area contributed by atoms with Gasteiger partial charge in [0.05, 0.1) is 0 Å². The van der Waals surface area contributed by atoms with E-state index in [4.69, 9.17) is 0 Å². The minimum Gasteiger partial charge on any atom is -0.480 e. The summed E-state index contributed by atoms with van der Waals surface area (Å²) in [4.78, 5) is 17.4. The average molecular weight is 539 g/mol. The van der Waals surface area contributed by atoms with E-state index in [1.165, 1.54) is 37.0 Å². The summed E-state index contributed by atoms with van der Waals surface area (Å²) in [6.07, 6.45) is 10.9. The lowest BCUT2D eigenvalue weighted by atomic mass is 9.83. The number of aryl methyl sites for hydroxylation is 1. The van der Waals surface area contributed by atoms with Crippen LogP contribution in [0.15, 0.2) is 48.5 Å². The number of carboxylic acids is 1. The van der Waals surface area contributed by atoms with Crippen molar-refractivity contribution in [1.29, 1.82) is 0 Å². The summed E-state index contributed by atoms with van der Waals surface area (Å²) in [5.74, 6) is -0.424. The van der Waals surface area contributed by atoms with Gasteiger partial charge in [-0.2, -0.15) is 0 Å². The number of piperidine rings is 1. The molecular formula is C33H44F2N2O2. The molecule has 1 saturated carbocycles. The van der Waals surface area contributed by atoms with Crippen LogP contribution in [0.1, 0.15) is 74.8 Å². The number of rotatable bonds is 10. The molecule has 1 aliphatic carbocycles. The summed E-state index contributed by atoms with van der Waals surface area (Å²) < 4.78 is 26.7. The summed E-state index contributed by atoms with van der Waals surface area (Å²) in [5.41, 5.74) is 2.21. The number of aliphatic carboxylic acids is 1. The number of halogens is 2. The lowest BCUT2D eigenvalue weighted by Gasteiger charge is -2.35. The smallest absolute Gasteiger partial charge is 0.321 e. The molecule has 5 rings (SSSR count). The highest BCUT2D eigenvalue weighted by Crippen LogP contribution is 2.38. The molecule has 0 radical (unpaired) electrons. The number of likely N-dealkylation sites (tertiary alicyclic amines) is 2. The van der Waals surface area contributed by atoms with Gasteiger partial charge in [0.15, 0.2) is 11.6 Å². The van der Waals surface area contributed by atoms with E-state index in [-0.39, 0.29) is 12.0 Å². The van der Waals surface area contributed by atoms with Gasteiger partial charge in [0.2, 0.25) is 0 Å². The quantitative estimate of drug-likeness (QED) is 0.364. The van der Waals surface area contributed by atoms with Crippen LogP contribution < -0.4 is 0 Å². The summed E-state index contributed by atoms with van der Waals surface area (Å²) >= 11 is 0. The van der Waals surface area contributed by atoms with Crippen LogP contribution in [0.4, 0.5) is 8.78 Å². The van der Waals surface area contributed by atoms with Gasteiger partial charge in [-0.15, -0.1) is 0 Å². The molecule has 2 aromatic carbocycles. The van der Waals surface area contributed by atoms with Gasteiger partial charge >= 0.3 is 5.97 Å². The van der Waals surface area contributed by atoms with Crippen molar-refractivity contribution in [3.05, 3.63) is 71.3 Å². The maximum absolute atomic E-state index is 13.5. The molecule has 0 bridgehead atoms. The van der Waals surface area contributed by atoms with Gasteiger partial charge < -0.3 is 10.0 Å². The number of benzene rings is 2. The third-order valence-electron chi connectivity index (χ3n) is 9.70. The van der Waals surface area contributed by atoms with E-state index in [2.05, 4.69) is 40.1 Å². The van der Waals surface area contributed by atoms with Crippen LogP contribution in [0.25, 0.3) is 0 Å². The third-order valence-corrected chi connectivity index (χ3v) is 9.70. The molecule has 6 heteroatoms. The Hall–Kier alpha value is -2.31. The Morgan fingerprint density at radius 3 is 2.36 bits per heavy atom. The topological polar surface area (TPSA) is 43.8 Å². The molecule has 3 fully saturated rings. The number of carboxylic acid groups (broad SMARTS) is 1. The normalized spacial score (nSPS) is 24.7. The van der Waals surface area contributed by atoms with Gasteiger partial charge in [0.25, 0.3) is 0 Å². The second kappa shape index (κ2) is 13.4. The lowest BCUT2D eigenvalue weighted by molar-refractivity contribution is -0.145. The molecule has 2 aromatic rings. The average Bonchev–Trinajstić information content (AvgIpc) is 3.35. The van der Waals surface area contributed by atoms with Crippen LogP contribution in [0.5, 0.6) is 0 Å². The minimum absolute atomic E-state index is 0.272. The van der Waals surface area contributed by atoms with Gasteiger partial charge in [-0.05, 0) is 92.6 Å². The lowest BCUT2D eigenvalue weighted by Crippen LogP contribution is -2.46. The van der Waals surface area contributed by atoms with E-state index in [1.54, 1.807) is 6.07 Å². The Balaban J connectivity index is 1.16. The first-order valence-corrected chi connectivity index (χ1v) is 15.2. The van der Waals surface area contributed by atoms with Crippen molar-refractivity contribution in [2.24, 2.45) is 17.8 Å². The zero-order chi connectivity index (χ0) is 27.2. The standard InChI is InChI=1S/C33H44F2N2O2/c34-30-15-14-25(20-31(30)35)9-7-8-24-16-18-36(19-17-24)21-28-22-37(23-29(28)26-10-3-1-4-11-26)32(33(38)39)27-12-5-2-6-13-27/h1,3-4,10-11,14-15,20,24,27-29,32H,2,5-9,12-13,16-19,21-23H2,(H,38,39)/t28-,29+,32+/m0/s1. The summed E-state index contributed by atoms with van der Waals surface area (Å²) in [7, 11) is 0. The van der Waals surface area contributed by atoms with E-state index in [1.807, 2.05) is 0 Å². The highest BCUT2D eigenvalue weighted by atomic mass is 19.2. The predicted molar refractivity (Wildman–Crippen MR) is 151 cm³/mol. The van der Waals surface area contributed by atoms with Crippen LogP contribution in [0.3, 0.4) is 0 Å². The van der Waals surface area contributed by atoms with E-state index in [9.17, 15) is 18.7 Å². The van der Waals surface area contributed by atoms with Crippen molar-refractivity contribution in [3.63, 3.8) is 0 Å². The molecule has 0 spiro atoms. The first-order chi connectivity index (χ1) is 19.0. The van der Waals surface area contributed by atoms with Gasteiger partial charge in [-0.25, -0.2) is 8.78 Å². The highest BCUT2D eigenvalue weighted by molar-refractivity contribution is 5.74. The van der Waals surface area contributed by atoms with Crippen LogP contribution in [0, 0.1) is 29.4 Å². The molecule has 3 aliphatic rings. The zero-order valence-corrected chi connectivity index (χ0v) is 23.1. The van der Waals surface area contributed by atoms with Crippen molar-refractivity contribution in [2.45, 2.75) is 76.2 Å². The molecule has 39 heavy (non-hydrogen) atoms. The van der Waals surface area contributed by atoms with E-state index in [0.29, 0.717) is 17.8 Å². The van der Waals surface area contributed by atoms with Gasteiger partial charge in [0, 0.05) is 25.6 Å². The first-order valence-electron chi connectivity index (χ1n) is 15.2. The second-order valence-corrected chi connectivity index (χ2v) is 12.3. The minimum atomic E-state index is -0.779. The Morgan fingerprint density at radius 2 is 1.67 bits per heavy atom. The monoisotopic (exact) mass is 538 g/mol. The largest absolute Gasteiger partial charge is 0.480 e. The Morgan fingerprint density at radius 1 is 0.923 bits per heavy atom. The van der Waals surface area contributed by atoms with Gasteiger partial charge in [-0.3, -0.25) is 9.69 Å². The van der Waals surface area contributed by atoms with Crippen molar-refractivity contribution >= 4 is 5.97 Å². The van der Waals surface area contributed by atoms with Crippen molar-refractivity contribution in [1.82, 2.24) is 9.80 Å². The summed E-state index contributed by atoms with van der Waals surface area (Å²) in [6, 6.07) is 14.6. The fourth-order valence-electron chi connectivity index (χ4n) is 7.58. The Bertz CT molecular complexity index is 1070. The van der Waals surface area contributed by atoms with Gasteiger partial charge in [-0.1, -0.05) is 62.1 Å². The number of carbonyl (C=O) groups is 1. The number of nitrogens with zero attached hydrogens (tertiary/aromatic N) is 2. The third kappa shape index (κ3) is 7.26. The van der Waals surface area contributed by atoms with Crippen molar-refractivity contribution < 1.29 is 18.7 Å². The molecule has 2 heterocycles. The molecule has 2 aliphatic heterocycles. The van der Waals surface area contributed by atoms with E-state index in [0.717, 1.165) is 83.2 Å². The summed E-state index contributed by atoms with van der Waals surface area (Å²) in [6.45, 7) is 4.89. The Labute approximate surface area is 232 Å². The molecule has 0 unspecified atom stereocenters. The number of hydrogen-bond donors (Lipinski definition) is 1. The molecule has 212 valence electrons. The van der Waals surface area contributed by atoms with Gasteiger partial charge in [0.1, 0.15) is 6.04 Å². The second-order valence-electron chi connectivity index (χ2n) is 12.3. The Kier molecular flexibility index (Phi) is 9.67. The maximum atomic E-state index is 13.5. The molecule has 1 N–H and O–H groups in total. The molecule has 0 aromatic heterocycles. The van der Waals surface area contributed by atoms with Crippen molar-refractivity contribution in [2.75, 3.05) is 32.7 Å². The van der Waals surface area contributed by atoms with Crippen LogP contribution in [0.2, 0.25) is 0 Å². The molecule has 2 saturated heterocycles. The molecule has 4 nitrogen and oxygen atoms in total. The summed E-state index contributed by atoms with van der Waals surface area (Å²) in [5, 5.41) is 10.3. The fraction of sp³-hybridized carbons (Fsp3) is 0.606. The molecule has 0 amide bonds. The SMILES string of the molecule is O=C(O)[C@@H](C1CCCCC1)N1C[C@H](CN2CCC(CCCc3ccc(F)c(F)c3)CC2)[C@@H](c2ccccc2)C1. The fourth-order valence-corrected chi connectivity index (χ4v) is 7.58. The maximum Gasteiger partial charge on any atom is 0.321 e. The predicted octanol–water partition coefficient (Wildman–Crippen LogP) is 6.75. The highest BCUT2D eigenvalue weighted by Gasteiger charge is 2.43. The zero-order valence-electron chi connectivity index (χ0n) is 23.1. The van der Waals surface area contributed by atoms with E-state index < -0.39 is 17.6 Å². The number of hydrogen-bond acceptors (Lipinski definition) is 3. The van der Waals surface area contributed by atoms with Crippen LogP contribution >= 0.6 is 0 Å². The van der Waals surface area contributed by atoms with Crippen LogP contribution in [-0.2, 0) is 11.2 Å². The van der Waals surface area contributed by atoms with E-state index >= 15 is 0 Å². The van der Waals surface area contributed by atoms with Crippen molar-refractivity contribution in [3.8, 4) is 0 Å². The molecular weight excluding hydrogens is 494 g/mol. The first kappa shape index (κ1) is 28.2.